The lowest BCUT2D eigenvalue weighted by atomic mass is 10.2. The van der Waals surface area contributed by atoms with E-state index < -0.39 is 0 Å². The maximum atomic E-state index is 13.1. The van der Waals surface area contributed by atoms with E-state index in [4.69, 9.17) is 23.2 Å². The summed E-state index contributed by atoms with van der Waals surface area (Å²) in [5.74, 6) is -0.156. The first-order chi connectivity index (χ1) is 13.1. The van der Waals surface area contributed by atoms with Gasteiger partial charge >= 0.3 is 0 Å². The molecule has 0 saturated heterocycles. The molecule has 6 heteroatoms. The molecule has 2 aromatic carbocycles. The van der Waals surface area contributed by atoms with Gasteiger partial charge in [-0.15, -0.1) is 0 Å². The fraction of sp³-hybridized carbons (Fsp3) is 0.0476. The van der Waals surface area contributed by atoms with Crippen LogP contribution in [0.15, 0.2) is 72.9 Å². The van der Waals surface area contributed by atoms with Crippen molar-refractivity contribution in [1.29, 1.82) is 0 Å². The average molecular weight is 396 g/mol. The summed E-state index contributed by atoms with van der Waals surface area (Å²) < 4.78 is 1.72. The molecule has 0 N–H and O–H groups in total. The summed E-state index contributed by atoms with van der Waals surface area (Å²) in [6.45, 7) is 0. The van der Waals surface area contributed by atoms with Crippen molar-refractivity contribution in [3.63, 3.8) is 0 Å². The van der Waals surface area contributed by atoms with Gasteiger partial charge in [0.15, 0.2) is 5.65 Å². The Balaban J connectivity index is 1.82. The van der Waals surface area contributed by atoms with Crippen LogP contribution in [0.3, 0.4) is 0 Å². The molecule has 2 heterocycles. The highest BCUT2D eigenvalue weighted by molar-refractivity contribution is 6.33. The number of fused-ring (bicyclic) bond motifs is 1. The molecule has 0 radical (unpaired) electrons. The molecule has 27 heavy (non-hydrogen) atoms. The van der Waals surface area contributed by atoms with E-state index in [-0.39, 0.29) is 5.91 Å². The molecular weight excluding hydrogens is 381 g/mol. The number of rotatable bonds is 3. The van der Waals surface area contributed by atoms with Crippen molar-refractivity contribution in [3.05, 3.63) is 88.7 Å². The van der Waals surface area contributed by atoms with E-state index in [0.29, 0.717) is 27.1 Å². The molecule has 0 unspecified atom stereocenters. The van der Waals surface area contributed by atoms with Gasteiger partial charge < -0.3 is 4.90 Å². The maximum absolute atomic E-state index is 13.1. The zero-order chi connectivity index (χ0) is 19.0. The summed E-state index contributed by atoms with van der Waals surface area (Å²) >= 11 is 12.5. The fourth-order valence-electron chi connectivity index (χ4n) is 2.95. The second-order valence-corrected chi connectivity index (χ2v) is 6.87. The fourth-order valence-corrected chi connectivity index (χ4v) is 3.36. The molecule has 4 aromatic rings. The SMILES string of the molecule is CN(C(=O)c1cccn2c(Cl)c(-c3ccc(Cl)cc3)nc12)c1ccccc1. The minimum absolute atomic E-state index is 0.156. The van der Waals surface area contributed by atoms with Crippen molar-refractivity contribution < 1.29 is 4.79 Å². The number of halogens is 2. The molecule has 134 valence electrons. The number of nitrogens with zero attached hydrogens (tertiary/aromatic N) is 3. The first-order valence-electron chi connectivity index (χ1n) is 8.32. The molecule has 0 bridgehead atoms. The summed E-state index contributed by atoms with van der Waals surface area (Å²) in [5.41, 5.74) is 3.24. The highest BCUT2D eigenvalue weighted by Crippen LogP contribution is 2.31. The Hall–Kier alpha value is -2.82. The Kier molecular flexibility index (Phi) is 4.60. The van der Waals surface area contributed by atoms with Gasteiger partial charge in [0, 0.05) is 29.5 Å². The number of carbonyl (C=O) groups excluding carboxylic acids is 1. The van der Waals surface area contributed by atoms with Crippen LogP contribution in [0, 0.1) is 0 Å². The molecule has 0 aliphatic carbocycles. The van der Waals surface area contributed by atoms with Crippen molar-refractivity contribution in [3.8, 4) is 11.3 Å². The Morgan fingerprint density at radius 3 is 2.37 bits per heavy atom. The first kappa shape index (κ1) is 17.6. The van der Waals surface area contributed by atoms with Gasteiger partial charge in [0.1, 0.15) is 10.8 Å². The number of benzene rings is 2. The Morgan fingerprint density at radius 2 is 1.67 bits per heavy atom. The van der Waals surface area contributed by atoms with Crippen molar-refractivity contribution in [2.24, 2.45) is 0 Å². The molecule has 1 amide bonds. The molecule has 2 aromatic heterocycles. The van der Waals surface area contributed by atoms with Crippen LogP contribution in [0.4, 0.5) is 5.69 Å². The van der Waals surface area contributed by atoms with E-state index in [9.17, 15) is 4.79 Å². The number of hydrogen-bond donors (Lipinski definition) is 0. The van der Waals surface area contributed by atoms with E-state index in [1.54, 1.807) is 46.8 Å². The van der Waals surface area contributed by atoms with Crippen LogP contribution in [-0.2, 0) is 0 Å². The molecule has 4 rings (SSSR count). The summed E-state index contributed by atoms with van der Waals surface area (Å²) in [6, 6.07) is 20.3. The van der Waals surface area contributed by atoms with Crippen LogP contribution in [-0.4, -0.2) is 22.3 Å². The quantitative estimate of drug-likeness (QED) is 0.453. The van der Waals surface area contributed by atoms with Crippen LogP contribution in [0.25, 0.3) is 16.9 Å². The Bertz CT molecular complexity index is 1120. The monoisotopic (exact) mass is 395 g/mol. The van der Waals surface area contributed by atoms with E-state index in [0.717, 1.165) is 11.3 Å². The lowest BCUT2D eigenvalue weighted by Crippen LogP contribution is -2.26. The van der Waals surface area contributed by atoms with Gasteiger partial charge in [-0.2, -0.15) is 0 Å². The van der Waals surface area contributed by atoms with Gasteiger partial charge in [-0.25, -0.2) is 4.98 Å². The molecule has 0 saturated carbocycles. The third kappa shape index (κ3) is 3.18. The average Bonchev–Trinajstić information content (AvgIpc) is 3.05. The van der Waals surface area contributed by atoms with Gasteiger partial charge in [0.2, 0.25) is 0 Å². The molecule has 0 aliphatic heterocycles. The van der Waals surface area contributed by atoms with Crippen molar-refractivity contribution in [2.45, 2.75) is 0 Å². The number of imidazole rings is 1. The number of amides is 1. The summed E-state index contributed by atoms with van der Waals surface area (Å²) in [5, 5.41) is 1.09. The normalized spacial score (nSPS) is 10.9. The zero-order valence-electron chi connectivity index (χ0n) is 14.4. The van der Waals surface area contributed by atoms with E-state index >= 15 is 0 Å². The largest absolute Gasteiger partial charge is 0.311 e. The Labute approximate surface area is 166 Å². The minimum Gasteiger partial charge on any atom is -0.311 e. The molecule has 0 aliphatic rings. The Morgan fingerprint density at radius 1 is 0.963 bits per heavy atom. The lowest BCUT2D eigenvalue weighted by molar-refractivity contribution is 0.0994. The third-order valence-corrected chi connectivity index (χ3v) is 5.00. The van der Waals surface area contributed by atoms with Gasteiger partial charge in [-0.1, -0.05) is 53.5 Å². The van der Waals surface area contributed by atoms with Crippen molar-refractivity contribution in [1.82, 2.24) is 9.38 Å². The number of hydrogen-bond acceptors (Lipinski definition) is 2. The summed E-state index contributed by atoms with van der Waals surface area (Å²) in [7, 11) is 1.74. The smallest absolute Gasteiger partial charge is 0.261 e. The van der Waals surface area contributed by atoms with Crippen LogP contribution in [0.2, 0.25) is 10.2 Å². The zero-order valence-corrected chi connectivity index (χ0v) is 15.9. The van der Waals surface area contributed by atoms with Gasteiger partial charge in [0.25, 0.3) is 5.91 Å². The number of aromatic nitrogens is 2. The predicted molar refractivity (Wildman–Crippen MR) is 110 cm³/mol. The number of carbonyl (C=O) groups is 1. The maximum Gasteiger partial charge on any atom is 0.261 e. The van der Waals surface area contributed by atoms with Crippen LogP contribution < -0.4 is 4.90 Å². The van der Waals surface area contributed by atoms with Crippen molar-refractivity contribution >= 4 is 40.4 Å². The first-order valence-corrected chi connectivity index (χ1v) is 9.07. The second-order valence-electron chi connectivity index (χ2n) is 6.07. The minimum atomic E-state index is -0.156. The van der Waals surface area contributed by atoms with Gasteiger partial charge in [-0.05, 0) is 36.4 Å². The van der Waals surface area contributed by atoms with Crippen molar-refractivity contribution in [2.75, 3.05) is 11.9 Å². The third-order valence-electron chi connectivity index (χ3n) is 4.39. The van der Waals surface area contributed by atoms with Crippen LogP contribution in [0.1, 0.15) is 10.4 Å². The second kappa shape index (κ2) is 7.06. The van der Waals surface area contributed by atoms with Crippen LogP contribution >= 0.6 is 23.2 Å². The van der Waals surface area contributed by atoms with E-state index in [1.165, 1.54) is 0 Å². The van der Waals surface area contributed by atoms with Gasteiger partial charge in [0.05, 0.1) is 5.56 Å². The predicted octanol–water partition coefficient (Wildman–Crippen LogP) is 5.58. The standard InChI is InChI=1S/C21H15Cl2N3O/c1-25(16-6-3-2-4-7-16)21(27)17-8-5-13-26-19(23)18(24-20(17)26)14-9-11-15(22)12-10-14/h2-13H,1H3. The highest BCUT2D eigenvalue weighted by Gasteiger charge is 2.21. The van der Waals surface area contributed by atoms with Crippen LogP contribution in [0.5, 0.6) is 0 Å². The summed E-state index contributed by atoms with van der Waals surface area (Å²) in [6.07, 6.45) is 1.80. The molecule has 0 fully saturated rings. The van der Waals surface area contributed by atoms with Gasteiger partial charge in [-0.3, -0.25) is 9.20 Å². The molecule has 4 nitrogen and oxygen atoms in total. The molecule has 0 atom stereocenters. The number of pyridine rings is 1. The topological polar surface area (TPSA) is 37.6 Å². The van der Waals surface area contributed by atoms with E-state index in [2.05, 4.69) is 4.98 Å². The molecular formula is C21H15Cl2N3O. The number of para-hydroxylation sites is 1. The molecule has 0 spiro atoms. The number of anilines is 1. The highest BCUT2D eigenvalue weighted by atomic mass is 35.5. The van der Waals surface area contributed by atoms with E-state index in [1.807, 2.05) is 42.5 Å². The lowest BCUT2D eigenvalue weighted by Gasteiger charge is -2.17. The summed E-state index contributed by atoms with van der Waals surface area (Å²) in [4.78, 5) is 19.3.